The molecular weight excluding hydrogens is 560 g/mol. The van der Waals surface area contributed by atoms with Crippen molar-refractivity contribution in [1.82, 2.24) is 14.9 Å². The summed E-state index contributed by atoms with van der Waals surface area (Å²) >= 11 is 0. The van der Waals surface area contributed by atoms with E-state index in [4.69, 9.17) is 20.9 Å². The first-order chi connectivity index (χ1) is 20.5. The summed E-state index contributed by atoms with van der Waals surface area (Å²) in [7, 11) is 3.06. The second-order valence-electron chi connectivity index (χ2n) is 9.75. The molecule has 3 rings (SSSR count). The van der Waals surface area contributed by atoms with Gasteiger partial charge in [-0.25, -0.2) is 4.79 Å². The zero-order chi connectivity index (χ0) is 31.5. The second kappa shape index (κ2) is 15.1. The molecule has 1 amide bonds. The van der Waals surface area contributed by atoms with Crippen LogP contribution in [-0.4, -0.2) is 64.1 Å². The number of rotatable bonds is 16. The number of imidazole rings is 1. The van der Waals surface area contributed by atoms with Crippen LogP contribution in [0.3, 0.4) is 0 Å². The van der Waals surface area contributed by atoms with Gasteiger partial charge >= 0.3 is 11.7 Å². The molecule has 1 aromatic heterocycles. The molecule has 0 aliphatic carbocycles. The number of carboxylic acids is 1. The Morgan fingerprint density at radius 2 is 1.53 bits per heavy atom. The Morgan fingerprint density at radius 3 is 2.02 bits per heavy atom. The minimum absolute atomic E-state index is 0.0832. The van der Waals surface area contributed by atoms with Gasteiger partial charge in [0.05, 0.1) is 44.8 Å². The smallest absolute Gasteiger partial charge is 0.329 e. The minimum atomic E-state index is -1.27. The van der Waals surface area contributed by atoms with Crippen molar-refractivity contribution in [1.29, 1.82) is 0 Å². The number of aromatic nitrogens is 2. The number of nitrogens with two attached hydrogens (primary N) is 2. The molecule has 0 saturated carbocycles. The number of aromatic hydroxyl groups is 1. The molecule has 0 bridgehead atoms. The van der Waals surface area contributed by atoms with Crippen molar-refractivity contribution in [3.05, 3.63) is 75.8 Å². The van der Waals surface area contributed by atoms with Crippen molar-refractivity contribution in [3.63, 3.8) is 0 Å². The summed E-state index contributed by atoms with van der Waals surface area (Å²) in [4.78, 5) is 56.9. The van der Waals surface area contributed by atoms with Gasteiger partial charge in [0.1, 0.15) is 11.5 Å². The molecular formula is C29H36N6O8. The van der Waals surface area contributed by atoms with Crippen LogP contribution >= 0.6 is 0 Å². The third kappa shape index (κ3) is 9.11. The number of carbonyl (C=O) groups excluding carboxylic acids is 2. The lowest BCUT2D eigenvalue weighted by atomic mass is 9.94. The number of ketones is 1. The Balaban J connectivity index is 1.79. The highest BCUT2D eigenvalue weighted by Gasteiger charge is 2.28. The van der Waals surface area contributed by atoms with E-state index in [1.807, 2.05) is 0 Å². The number of nitrogens with zero attached hydrogens (tertiary/aromatic N) is 2. The molecule has 0 unspecified atom stereocenters. The third-order valence-corrected chi connectivity index (χ3v) is 6.69. The standard InChI is InChI=1S/C29H36N6O8/c1-42-21-9-5-17(6-10-21)25(18-7-11-22(43-2)12-8-18)34-26(39)19(15-24(37)38)14-20(36)16-35-27(40)23(33-29(35)41)4-3-13-32-28(30)31/h5-12,19,25,40H,3-4,13-16H2,1-2H3,(H,33,41)(H,34,39)(H,37,38)(H4,30,31,32)/t19-/m0/s1. The first-order valence-corrected chi connectivity index (χ1v) is 13.4. The lowest BCUT2D eigenvalue weighted by molar-refractivity contribution is -0.142. The number of aromatic amines is 1. The van der Waals surface area contributed by atoms with Gasteiger partial charge in [0.25, 0.3) is 0 Å². The number of Topliss-reactive ketones (excluding diaryl/α,β-unsaturated/α-hetero) is 1. The molecule has 0 aliphatic rings. The molecule has 230 valence electrons. The van der Waals surface area contributed by atoms with E-state index in [1.165, 1.54) is 14.2 Å². The molecule has 14 nitrogen and oxygen atoms in total. The number of aryl methyl sites for hydroxylation is 1. The molecule has 1 atom stereocenters. The summed E-state index contributed by atoms with van der Waals surface area (Å²) in [5.41, 5.74) is 11.4. The molecule has 0 fully saturated rings. The van der Waals surface area contributed by atoms with Gasteiger partial charge in [-0.3, -0.25) is 23.9 Å². The van der Waals surface area contributed by atoms with E-state index < -0.39 is 60.6 Å². The summed E-state index contributed by atoms with van der Waals surface area (Å²) in [5, 5.41) is 22.9. The van der Waals surface area contributed by atoms with Gasteiger partial charge < -0.3 is 41.5 Å². The molecule has 8 N–H and O–H groups in total. The average molecular weight is 597 g/mol. The summed E-state index contributed by atoms with van der Waals surface area (Å²) in [5.74, 6) is -3.10. The number of hydrogen-bond acceptors (Lipinski definition) is 8. The predicted octanol–water partition coefficient (Wildman–Crippen LogP) is 1.06. The van der Waals surface area contributed by atoms with Gasteiger partial charge in [-0.15, -0.1) is 0 Å². The van der Waals surface area contributed by atoms with E-state index >= 15 is 0 Å². The van der Waals surface area contributed by atoms with Crippen LogP contribution in [0.1, 0.15) is 42.1 Å². The maximum Gasteiger partial charge on any atom is 0.329 e. The number of amides is 1. The Labute approximate surface area is 247 Å². The topological polar surface area (TPSA) is 224 Å². The number of guanidine groups is 1. The molecule has 0 spiro atoms. The van der Waals surface area contributed by atoms with Crippen LogP contribution in [0.2, 0.25) is 0 Å². The first kappa shape index (κ1) is 32.2. The van der Waals surface area contributed by atoms with E-state index in [1.54, 1.807) is 48.5 Å². The molecule has 3 aromatic rings. The maximum atomic E-state index is 13.5. The highest BCUT2D eigenvalue weighted by molar-refractivity contribution is 5.89. The van der Waals surface area contributed by atoms with Crippen molar-refractivity contribution in [2.45, 2.75) is 38.3 Å². The van der Waals surface area contributed by atoms with Crippen LogP contribution < -0.4 is 31.9 Å². The Morgan fingerprint density at radius 1 is 0.977 bits per heavy atom. The molecule has 43 heavy (non-hydrogen) atoms. The van der Waals surface area contributed by atoms with Crippen LogP contribution in [-0.2, 0) is 27.3 Å². The van der Waals surface area contributed by atoms with Crippen molar-refractivity contribution in [3.8, 4) is 17.4 Å². The SMILES string of the molecule is COc1ccc(C(NC(=O)[C@H](CC(=O)O)CC(=O)Cn2c(O)c(CCCN=C(N)N)[nH]c2=O)c2ccc(OC)cc2)cc1. The Bertz CT molecular complexity index is 1440. The number of aliphatic imine (C=N–C) groups is 1. The number of H-pyrrole nitrogens is 1. The second-order valence-corrected chi connectivity index (χ2v) is 9.75. The highest BCUT2D eigenvalue weighted by atomic mass is 16.5. The van der Waals surface area contributed by atoms with Gasteiger partial charge in [0.2, 0.25) is 11.8 Å². The van der Waals surface area contributed by atoms with Gasteiger partial charge in [-0.05, 0) is 48.2 Å². The van der Waals surface area contributed by atoms with Crippen LogP contribution in [0.25, 0.3) is 0 Å². The van der Waals surface area contributed by atoms with Gasteiger partial charge in [-0.2, -0.15) is 0 Å². The molecule has 0 saturated heterocycles. The number of carboxylic acid groups (broad SMARTS) is 1. The minimum Gasteiger partial charge on any atom is -0.497 e. The Kier molecular flexibility index (Phi) is 11.3. The predicted molar refractivity (Wildman–Crippen MR) is 157 cm³/mol. The Hall–Kier alpha value is -5.27. The van der Waals surface area contributed by atoms with Crippen LogP contribution in [0.15, 0.2) is 58.3 Å². The first-order valence-electron chi connectivity index (χ1n) is 13.4. The van der Waals surface area contributed by atoms with Gasteiger partial charge in [0, 0.05) is 13.0 Å². The van der Waals surface area contributed by atoms with Crippen molar-refractivity contribution >= 4 is 23.6 Å². The van der Waals surface area contributed by atoms with Crippen molar-refractivity contribution in [2.24, 2.45) is 22.4 Å². The summed E-state index contributed by atoms with van der Waals surface area (Å²) in [6, 6.07) is 13.3. The van der Waals surface area contributed by atoms with Crippen molar-refractivity contribution in [2.75, 3.05) is 20.8 Å². The average Bonchev–Trinajstić information content (AvgIpc) is 3.24. The fraction of sp³-hybridized carbons (Fsp3) is 0.345. The molecule has 1 heterocycles. The molecule has 0 aliphatic heterocycles. The molecule has 14 heteroatoms. The summed E-state index contributed by atoms with van der Waals surface area (Å²) < 4.78 is 11.3. The molecule has 0 radical (unpaired) electrons. The van der Waals surface area contributed by atoms with E-state index in [9.17, 15) is 29.4 Å². The quantitative estimate of drug-likeness (QED) is 0.0783. The number of nitrogens with one attached hydrogen (secondary N) is 2. The van der Waals surface area contributed by atoms with E-state index in [-0.39, 0.29) is 24.6 Å². The van der Waals surface area contributed by atoms with E-state index in [0.29, 0.717) is 29.0 Å². The lowest BCUT2D eigenvalue weighted by Crippen LogP contribution is -2.37. The zero-order valence-electron chi connectivity index (χ0n) is 23.9. The summed E-state index contributed by atoms with van der Waals surface area (Å²) in [6.07, 6.45) is -0.447. The third-order valence-electron chi connectivity index (χ3n) is 6.69. The van der Waals surface area contributed by atoms with E-state index in [0.717, 1.165) is 4.57 Å². The number of ether oxygens (including phenoxy) is 2. The monoisotopic (exact) mass is 596 g/mol. The number of hydrogen-bond donors (Lipinski definition) is 6. The van der Waals surface area contributed by atoms with Crippen LogP contribution in [0, 0.1) is 5.92 Å². The van der Waals surface area contributed by atoms with E-state index in [2.05, 4.69) is 15.3 Å². The fourth-order valence-corrected chi connectivity index (χ4v) is 4.49. The molecule has 2 aromatic carbocycles. The number of carbonyl (C=O) groups is 3. The lowest BCUT2D eigenvalue weighted by Gasteiger charge is -2.23. The zero-order valence-corrected chi connectivity index (χ0v) is 23.9. The fourth-order valence-electron chi connectivity index (χ4n) is 4.49. The normalized spacial score (nSPS) is 11.5. The maximum absolute atomic E-state index is 13.5. The number of methoxy groups -OCH3 is 2. The van der Waals surface area contributed by atoms with Crippen molar-refractivity contribution < 1.29 is 34.1 Å². The highest BCUT2D eigenvalue weighted by Crippen LogP contribution is 2.27. The van der Waals surface area contributed by atoms with Gasteiger partial charge in [0.15, 0.2) is 11.7 Å². The van der Waals surface area contributed by atoms with Gasteiger partial charge in [-0.1, -0.05) is 24.3 Å². The van der Waals surface area contributed by atoms with Crippen LogP contribution in [0.4, 0.5) is 0 Å². The number of benzene rings is 2. The summed E-state index contributed by atoms with van der Waals surface area (Å²) in [6.45, 7) is -0.285. The number of aliphatic carboxylic acids is 1. The largest absolute Gasteiger partial charge is 0.497 e. The van der Waals surface area contributed by atoms with Crippen LogP contribution in [0.5, 0.6) is 17.4 Å².